The molecule has 0 amide bonds. The molecule has 2 fully saturated rings. The molecule has 1 saturated carbocycles. The van der Waals surface area contributed by atoms with Crippen molar-refractivity contribution in [2.75, 3.05) is 39.3 Å². The van der Waals surface area contributed by atoms with Crippen LogP contribution in [0.5, 0.6) is 0 Å². The number of hydrogen-bond donors (Lipinski definition) is 1. The largest absolute Gasteiger partial charge is 0.389 e. The zero-order valence-corrected chi connectivity index (χ0v) is 12.8. The number of rotatable bonds is 5. The molecular weight excluding hydrogens is 240 g/mol. The molecule has 1 N–H and O–H groups in total. The van der Waals surface area contributed by atoms with Crippen LogP contribution in [0.15, 0.2) is 0 Å². The zero-order valence-electron chi connectivity index (χ0n) is 12.8. The van der Waals surface area contributed by atoms with Crippen molar-refractivity contribution in [2.24, 2.45) is 0 Å². The smallest absolute Gasteiger partial charge is 0.0900 e. The Kier molecular flexibility index (Phi) is 5.23. The maximum Gasteiger partial charge on any atom is 0.0900 e. The summed E-state index contributed by atoms with van der Waals surface area (Å²) in [5.74, 6) is 0. The van der Waals surface area contributed by atoms with Gasteiger partial charge in [-0.15, -0.1) is 0 Å². The predicted octanol–water partition coefficient (Wildman–Crippen LogP) is 1.33. The lowest BCUT2D eigenvalue weighted by atomic mass is 10.2. The predicted molar refractivity (Wildman–Crippen MR) is 77.4 cm³/mol. The first kappa shape index (κ1) is 15.2. The van der Waals surface area contributed by atoms with Crippen molar-refractivity contribution >= 4 is 0 Å². The Labute approximate surface area is 117 Å². The van der Waals surface area contributed by atoms with Crippen LogP contribution in [0.3, 0.4) is 0 Å². The van der Waals surface area contributed by atoms with E-state index in [1.165, 1.54) is 25.8 Å². The molecule has 0 unspecified atom stereocenters. The molecule has 0 spiro atoms. The molecule has 1 atom stereocenters. The van der Waals surface area contributed by atoms with E-state index in [1.54, 1.807) is 0 Å². The van der Waals surface area contributed by atoms with E-state index in [2.05, 4.69) is 9.80 Å². The molecule has 0 aromatic rings. The number of hydrogen-bond acceptors (Lipinski definition) is 4. The molecule has 0 aromatic heterocycles. The van der Waals surface area contributed by atoms with Crippen LogP contribution in [0.4, 0.5) is 0 Å². The number of nitrogens with zero attached hydrogens (tertiary/aromatic N) is 2. The van der Waals surface area contributed by atoms with E-state index in [0.717, 1.165) is 32.2 Å². The fraction of sp³-hybridized carbons (Fsp3) is 1.00. The standard InChI is InChI=1S/C15H30N2O2/c1-15(2,3)19-12-14(18)11-16-7-4-8-17(10-9-16)13-5-6-13/h13-14,18H,4-12H2,1-3H3/t14-/m1/s1. The van der Waals surface area contributed by atoms with Gasteiger partial charge in [0, 0.05) is 25.7 Å². The molecule has 2 aliphatic rings. The van der Waals surface area contributed by atoms with Gasteiger partial charge in [-0.3, -0.25) is 9.80 Å². The molecule has 2 rings (SSSR count). The summed E-state index contributed by atoms with van der Waals surface area (Å²) in [4.78, 5) is 5.01. The van der Waals surface area contributed by atoms with E-state index in [0.29, 0.717) is 6.61 Å². The van der Waals surface area contributed by atoms with Gasteiger partial charge in [0.05, 0.1) is 18.3 Å². The van der Waals surface area contributed by atoms with Crippen molar-refractivity contribution < 1.29 is 9.84 Å². The van der Waals surface area contributed by atoms with Crippen molar-refractivity contribution in [1.29, 1.82) is 0 Å². The van der Waals surface area contributed by atoms with E-state index in [-0.39, 0.29) is 11.7 Å². The van der Waals surface area contributed by atoms with Gasteiger partial charge in [-0.1, -0.05) is 0 Å². The zero-order chi connectivity index (χ0) is 13.9. The second-order valence-corrected chi connectivity index (χ2v) is 7.00. The Balaban J connectivity index is 1.67. The van der Waals surface area contributed by atoms with Crippen LogP contribution in [-0.2, 0) is 4.74 Å². The third-order valence-corrected chi connectivity index (χ3v) is 3.86. The molecule has 0 bridgehead atoms. The quantitative estimate of drug-likeness (QED) is 0.818. The number of aliphatic hydroxyl groups is 1. The van der Waals surface area contributed by atoms with Crippen LogP contribution >= 0.6 is 0 Å². The van der Waals surface area contributed by atoms with E-state index >= 15 is 0 Å². The molecule has 0 aromatic carbocycles. The lowest BCUT2D eigenvalue weighted by Crippen LogP contribution is -2.39. The summed E-state index contributed by atoms with van der Waals surface area (Å²) in [5, 5.41) is 10.1. The Hall–Kier alpha value is -0.160. The Morgan fingerprint density at radius 1 is 1.16 bits per heavy atom. The minimum atomic E-state index is -0.369. The summed E-state index contributed by atoms with van der Waals surface area (Å²) in [5.41, 5.74) is -0.164. The molecule has 1 saturated heterocycles. The number of β-amino-alcohol motifs (C(OH)–C–C–N with tert-alkyl or cyclic N) is 1. The fourth-order valence-electron chi connectivity index (χ4n) is 2.68. The fourth-order valence-corrected chi connectivity index (χ4v) is 2.68. The molecule has 0 radical (unpaired) electrons. The summed E-state index contributed by atoms with van der Waals surface area (Å²) in [6.45, 7) is 11.9. The monoisotopic (exact) mass is 270 g/mol. The summed E-state index contributed by atoms with van der Waals surface area (Å²) in [6.07, 6.45) is 3.64. The number of aliphatic hydroxyl groups excluding tert-OH is 1. The summed E-state index contributed by atoms with van der Waals surface area (Å²) in [6, 6.07) is 0.870. The maximum atomic E-state index is 10.1. The van der Waals surface area contributed by atoms with Crippen LogP contribution in [0.2, 0.25) is 0 Å². The minimum Gasteiger partial charge on any atom is -0.389 e. The Morgan fingerprint density at radius 3 is 2.53 bits per heavy atom. The first-order chi connectivity index (χ1) is 8.94. The van der Waals surface area contributed by atoms with Gasteiger partial charge in [0.15, 0.2) is 0 Å². The average molecular weight is 270 g/mol. The van der Waals surface area contributed by atoms with Gasteiger partial charge in [-0.25, -0.2) is 0 Å². The normalized spacial score (nSPS) is 25.3. The highest BCUT2D eigenvalue weighted by Crippen LogP contribution is 2.27. The molecule has 1 heterocycles. The molecule has 1 aliphatic heterocycles. The van der Waals surface area contributed by atoms with Crippen molar-refractivity contribution in [3.05, 3.63) is 0 Å². The summed E-state index contributed by atoms with van der Waals surface area (Å²) in [7, 11) is 0. The van der Waals surface area contributed by atoms with Crippen LogP contribution in [0.1, 0.15) is 40.0 Å². The van der Waals surface area contributed by atoms with Crippen molar-refractivity contribution in [3.63, 3.8) is 0 Å². The highest BCUT2D eigenvalue weighted by atomic mass is 16.5. The van der Waals surface area contributed by atoms with Crippen LogP contribution in [0, 0.1) is 0 Å². The molecule has 4 heteroatoms. The van der Waals surface area contributed by atoms with Crippen molar-refractivity contribution in [1.82, 2.24) is 9.80 Å². The highest BCUT2D eigenvalue weighted by Gasteiger charge is 2.30. The second kappa shape index (κ2) is 6.53. The summed E-state index contributed by atoms with van der Waals surface area (Å²) < 4.78 is 5.65. The van der Waals surface area contributed by atoms with E-state index in [1.807, 2.05) is 20.8 Å². The molecule has 112 valence electrons. The lowest BCUT2D eigenvalue weighted by Gasteiger charge is -2.26. The lowest BCUT2D eigenvalue weighted by molar-refractivity contribution is -0.0558. The van der Waals surface area contributed by atoms with Crippen LogP contribution in [0.25, 0.3) is 0 Å². The second-order valence-electron chi connectivity index (χ2n) is 7.00. The van der Waals surface area contributed by atoms with E-state index < -0.39 is 0 Å². The van der Waals surface area contributed by atoms with Gasteiger partial charge < -0.3 is 9.84 Å². The Morgan fingerprint density at radius 2 is 1.89 bits per heavy atom. The van der Waals surface area contributed by atoms with Gasteiger partial charge in [0.1, 0.15) is 0 Å². The average Bonchev–Trinajstić information content (AvgIpc) is 3.11. The first-order valence-electron chi connectivity index (χ1n) is 7.72. The van der Waals surface area contributed by atoms with Crippen LogP contribution < -0.4 is 0 Å². The van der Waals surface area contributed by atoms with Crippen LogP contribution in [-0.4, -0.2) is 72.0 Å². The maximum absolute atomic E-state index is 10.1. The molecular formula is C15H30N2O2. The third-order valence-electron chi connectivity index (χ3n) is 3.86. The van der Waals surface area contributed by atoms with Crippen molar-refractivity contribution in [3.8, 4) is 0 Å². The molecule has 19 heavy (non-hydrogen) atoms. The van der Waals surface area contributed by atoms with Gasteiger partial charge >= 0.3 is 0 Å². The van der Waals surface area contributed by atoms with Gasteiger partial charge in [-0.2, -0.15) is 0 Å². The third kappa shape index (κ3) is 5.78. The SMILES string of the molecule is CC(C)(C)OC[C@H](O)CN1CCCN(C2CC2)CC1. The molecule has 1 aliphatic carbocycles. The van der Waals surface area contributed by atoms with E-state index in [9.17, 15) is 5.11 Å². The highest BCUT2D eigenvalue weighted by molar-refractivity contribution is 4.86. The van der Waals surface area contributed by atoms with Gasteiger partial charge in [0.25, 0.3) is 0 Å². The molecule has 4 nitrogen and oxygen atoms in total. The first-order valence-corrected chi connectivity index (χ1v) is 7.72. The number of ether oxygens (including phenoxy) is 1. The van der Waals surface area contributed by atoms with Crippen molar-refractivity contribution in [2.45, 2.75) is 57.8 Å². The van der Waals surface area contributed by atoms with Gasteiger partial charge in [0.2, 0.25) is 0 Å². The van der Waals surface area contributed by atoms with Gasteiger partial charge in [-0.05, 0) is 53.1 Å². The topological polar surface area (TPSA) is 35.9 Å². The minimum absolute atomic E-state index is 0.164. The Bertz CT molecular complexity index is 274. The van der Waals surface area contributed by atoms with E-state index in [4.69, 9.17) is 4.74 Å². The summed E-state index contributed by atoms with van der Waals surface area (Å²) >= 11 is 0.